The quantitative estimate of drug-likeness (QED) is 0.886. The molecule has 19 heavy (non-hydrogen) atoms. The van der Waals surface area contributed by atoms with Crippen LogP contribution in [-0.2, 0) is 13.1 Å². The minimum absolute atomic E-state index is 0.0600. The van der Waals surface area contributed by atoms with Gasteiger partial charge >= 0.3 is 0 Å². The molecule has 0 spiro atoms. The summed E-state index contributed by atoms with van der Waals surface area (Å²) < 4.78 is 1.62. The summed E-state index contributed by atoms with van der Waals surface area (Å²) in [5.41, 5.74) is 1.83. The maximum Gasteiger partial charge on any atom is 0.271 e. The summed E-state index contributed by atoms with van der Waals surface area (Å²) in [5, 5.41) is 7.84. The highest BCUT2D eigenvalue weighted by molar-refractivity contribution is 5.12. The van der Waals surface area contributed by atoms with E-state index in [0.29, 0.717) is 25.0 Å². The molecule has 0 amide bonds. The summed E-state index contributed by atoms with van der Waals surface area (Å²) in [5.74, 6) is 0.433. The molecule has 106 valence electrons. The second-order valence-electron chi connectivity index (χ2n) is 6.05. The molecule has 0 atom stereocenters. The zero-order valence-corrected chi connectivity index (χ0v) is 12.3. The van der Waals surface area contributed by atoms with E-state index < -0.39 is 0 Å². The van der Waals surface area contributed by atoms with E-state index in [2.05, 4.69) is 24.3 Å². The Balaban J connectivity index is 2.10. The Morgan fingerprint density at radius 3 is 2.74 bits per heavy atom. The molecule has 4 heteroatoms. The van der Waals surface area contributed by atoms with Crippen molar-refractivity contribution in [1.29, 1.82) is 0 Å². The van der Waals surface area contributed by atoms with Crippen molar-refractivity contribution in [2.45, 2.75) is 65.6 Å². The molecule has 1 aromatic heterocycles. The molecule has 1 fully saturated rings. The monoisotopic (exact) mass is 263 g/mol. The van der Waals surface area contributed by atoms with Gasteiger partial charge < -0.3 is 5.32 Å². The van der Waals surface area contributed by atoms with Gasteiger partial charge in [0.05, 0.1) is 5.69 Å². The van der Waals surface area contributed by atoms with Crippen molar-refractivity contribution in [3.63, 3.8) is 0 Å². The lowest BCUT2D eigenvalue weighted by Gasteiger charge is -2.14. The molecule has 1 N–H and O–H groups in total. The summed E-state index contributed by atoms with van der Waals surface area (Å²) in [6.07, 6.45) is 5.10. The average Bonchev–Trinajstić information content (AvgIpc) is 2.84. The Morgan fingerprint density at radius 2 is 2.11 bits per heavy atom. The fourth-order valence-corrected chi connectivity index (χ4v) is 2.72. The molecule has 0 aromatic carbocycles. The van der Waals surface area contributed by atoms with E-state index >= 15 is 0 Å². The zero-order chi connectivity index (χ0) is 13.8. The molecule has 4 nitrogen and oxygen atoms in total. The number of hydrogen-bond donors (Lipinski definition) is 1. The number of nitrogens with zero attached hydrogens (tertiary/aromatic N) is 2. The Kier molecular flexibility index (Phi) is 4.75. The lowest BCUT2D eigenvalue weighted by molar-refractivity contribution is 0.452. The molecule has 0 saturated heterocycles. The molecular formula is C15H25N3O. The highest BCUT2D eigenvalue weighted by Crippen LogP contribution is 2.17. The van der Waals surface area contributed by atoms with Gasteiger partial charge in [0.15, 0.2) is 0 Å². The van der Waals surface area contributed by atoms with Gasteiger partial charge in [-0.1, -0.05) is 26.7 Å². The number of rotatable bonds is 5. The lowest BCUT2D eigenvalue weighted by atomic mass is 10.2. The number of aromatic nitrogens is 2. The van der Waals surface area contributed by atoms with Crippen LogP contribution < -0.4 is 10.9 Å². The zero-order valence-electron chi connectivity index (χ0n) is 12.3. The van der Waals surface area contributed by atoms with Crippen LogP contribution in [0.2, 0.25) is 0 Å². The predicted molar refractivity (Wildman–Crippen MR) is 77.2 cm³/mol. The molecule has 0 aliphatic heterocycles. The first-order valence-corrected chi connectivity index (χ1v) is 7.37. The average molecular weight is 263 g/mol. The van der Waals surface area contributed by atoms with Gasteiger partial charge in [-0.25, -0.2) is 4.68 Å². The first kappa shape index (κ1) is 14.3. The Morgan fingerprint density at radius 1 is 1.42 bits per heavy atom. The summed E-state index contributed by atoms with van der Waals surface area (Å²) in [6.45, 7) is 7.52. The molecular weight excluding hydrogens is 238 g/mol. The van der Waals surface area contributed by atoms with Gasteiger partial charge in [0.2, 0.25) is 0 Å². The van der Waals surface area contributed by atoms with E-state index in [4.69, 9.17) is 0 Å². The smallest absolute Gasteiger partial charge is 0.271 e. The SMILES string of the molecule is Cc1cc(CNC2CCCC2)c(=O)n(CC(C)C)n1. The van der Waals surface area contributed by atoms with Crippen LogP contribution in [0.25, 0.3) is 0 Å². The lowest BCUT2D eigenvalue weighted by Crippen LogP contribution is -2.33. The van der Waals surface area contributed by atoms with E-state index in [0.717, 1.165) is 11.3 Å². The van der Waals surface area contributed by atoms with Crippen molar-refractivity contribution >= 4 is 0 Å². The van der Waals surface area contributed by atoms with Crippen LogP contribution in [0.4, 0.5) is 0 Å². The minimum Gasteiger partial charge on any atom is -0.310 e. The van der Waals surface area contributed by atoms with Crippen LogP contribution in [-0.4, -0.2) is 15.8 Å². The van der Waals surface area contributed by atoms with E-state index in [-0.39, 0.29) is 5.56 Å². The van der Waals surface area contributed by atoms with Crippen molar-refractivity contribution in [2.24, 2.45) is 5.92 Å². The summed E-state index contributed by atoms with van der Waals surface area (Å²) in [7, 11) is 0. The number of hydrogen-bond acceptors (Lipinski definition) is 3. The molecule has 1 saturated carbocycles. The maximum atomic E-state index is 12.3. The second-order valence-corrected chi connectivity index (χ2v) is 6.05. The Labute approximate surface area is 115 Å². The van der Waals surface area contributed by atoms with Crippen LogP contribution >= 0.6 is 0 Å². The van der Waals surface area contributed by atoms with Crippen LogP contribution in [0, 0.1) is 12.8 Å². The van der Waals surface area contributed by atoms with Crippen LogP contribution in [0.3, 0.4) is 0 Å². The topological polar surface area (TPSA) is 46.9 Å². The van der Waals surface area contributed by atoms with Crippen molar-refractivity contribution in [2.75, 3.05) is 0 Å². The van der Waals surface area contributed by atoms with Gasteiger partial charge in [-0.2, -0.15) is 5.10 Å². The van der Waals surface area contributed by atoms with Crippen LogP contribution in [0.1, 0.15) is 50.8 Å². The third-order valence-electron chi connectivity index (χ3n) is 3.65. The highest BCUT2D eigenvalue weighted by Gasteiger charge is 2.15. The molecule has 1 aromatic rings. The van der Waals surface area contributed by atoms with Gasteiger partial charge in [0.1, 0.15) is 0 Å². The number of nitrogens with one attached hydrogen (secondary N) is 1. The van der Waals surface area contributed by atoms with E-state index in [1.165, 1.54) is 25.7 Å². The fourth-order valence-electron chi connectivity index (χ4n) is 2.72. The maximum absolute atomic E-state index is 12.3. The van der Waals surface area contributed by atoms with E-state index in [1.807, 2.05) is 13.0 Å². The normalized spacial score (nSPS) is 16.4. The molecule has 0 bridgehead atoms. The van der Waals surface area contributed by atoms with Crippen molar-refractivity contribution in [3.8, 4) is 0 Å². The van der Waals surface area contributed by atoms with Gasteiger partial charge in [0.25, 0.3) is 5.56 Å². The molecule has 2 rings (SSSR count). The minimum atomic E-state index is 0.0600. The Bertz CT molecular complexity index is 473. The molecule has 1 aliphatic rings. The fraction of sp³-hybridized carbons (Fsp3) is 0.733. The highest BCUT2D eigenvalue weighted by atomic mass is 16.1. The number of aryl methyl sites for hydroxylation is 1. The van der Waals surface area contributed by atoms with Gasteiger partial charge in [0, 0.05) is 24.7 Å². The molecule has 1 aliphatic carbocycles. The van der Waals surface area contributed by atoms with Crippen molar-refractivity contribution in [3.05, 3.63) is 27.7 Å². The standard InChI is InChI=1S/C15H25N3O/c1-11(2)10-18-15(19)13(8-12(3)17-18)9-16-14-6-4-5-7-14/h8,11,14,16H,4-7,9-10H2,1-3H3. The summed E-state index contributed by atoms with van der Waals surface area (Å²) in [6, 6.07) is 2.51. The van der Waals surface area contributed by atoms with Crippen molar-refractivity contribution in [1.82, 2.24) is 15.1 Å². The summed E-state index contributed by atoms with van der Waals surface area (Å²) >= 11 is 0. The second kappa shape index (κ2) is 6.33. The van der Waals surface area contributed by atoms with Gasteiger partial charge in [-0.15, -0.1) is 0 Å². The third kappa shape index (κ3) is 3.90. The molecule has 1 heterocycles. The first-order valence-electron chi connectivity index (χ1n) is 7.37. The Hall–Kier alpha value is -1.16. The van der Waals surface area contributed by atoms with Gasteiger partial charge in [-0.3, -0.25) is 4.79 Å². The van der Waals surface area contributed by atoms with E-state index in [9.17, 15) is 4.79 Å². The largest absolute Gasteiger partial charge is 0.310 e. The first-order chi connectivity index (χ1) is 9.06. The van der Waals surface area contributed by atoms with Crippen LogP contribution in [0.5, 0.6) is 0 Å². The summed E-state index contributed by atoms with van der Waals surface area (Å²) in [4.78, 5) is 12.3. The van der Waals surface area contributed by atoms with Crippen molar-refractivity contribution < 1.29 is 0 Å². The molecule has 0 radical (unpaired) electrons. The van der Waals surface area contributed by atoms with Crippen LogP contribution in [0.15, 0.2) is 10.9 Å². The predicted octanol–water partition coefficient (Wildman–Crippen LogP) is 2.24. The van der Waals surface area contributed by atoms with E-state index in [1.54, 1.807) is 4.68 Å². The third-order valence-corrected chi connectivity index (χ3v) is 3.65. The van der Waals surface area contributed by atoms with Gasteiger partial charge in [-0.05, 0) is 31.7 Å². The molecule has 0 unspecified atom stereocenters.